The Hall–Kier alpha value is 1.01. The van der Waals surface area contributed by atoms with Gasteiger partial charge in [-0.2, -0.15) is 5.10 Å². The van der Waals surface area contributed by atoms with E-state index >= 15 is 0 Å². The summed E-state index contributed by atoms with van der Waals surface area (Å²) < 4.78 is -3.40. The molecule has 13 heavy (non-hydrogen) atoms. The van der Waals surface area contributed by atoms with Gasteiger partial charge in [0.25, 0.3) is 3.92 Å². The van der Waals surface area contributed by atoms with Crippen molar-refractivity contribution in [2.45, 2.75) is 7.71 Å². The van der Waals surface area contributed by atoms with E-state index in [0.717, 1.165) is 0 Å². The lowest BCUT2D eigenvalue weighted by Crippen LogP contribution is -2.44. The first kappa shape index (κ1) is 12.1. The fraction of sp³-hybridized carbons (Fsp3) is 0.750. The maximum Gasteiger partial charge on any atom is 0.270 e. The van der Waals surface area contributed by atoms with Crippen LogP contribution in [-0.2, 0) is 0 Å². The summed E-state index contributed by atoms with van der Waals surface area (Å²) in [6.45, 7) is 0.180. The van der Waals surface area contributed by atoms with Gasteiger partial charge < -0.3 is 0 Å². The molecule has 0 saturated carbocycles. The Balaban J connectivity index is 2.87. The van der Waals surface area contributed by atoms with E-state index in [1.54, 1.807) is 0 Å². The Bertz CT molecular complexity index is 227. The highest BCUT2D eigenvalue weighted by Gasteiger charge is 2.43. The van der Waals surface area contributed by atoms with Gasteiger partial charge in [-0.15, -0.1) is 0 Å². The van der Waals surface area contributed by atoms with Crippen molar-refractivity contribution in [1.29, 1.82) is 0 Å². The molecule has 1 heterocycles. The summed E-state index contributed by atoms with van der Waals surface area (Å²) in [4.78, 5) is 1.21. The van der Waals surface area contributed by atoms with Crippen LogP contribution in [0.4, 0.5) is 0 Å². The van der Waals surface area contributed by atoms with Crippen LogP contribution in [0.3, 0.4) is 0 Å². The molecule has 0 aliphatic carbocycles. The number of alkyl halides is 6. The number of hydrazone groups is 1. The lowest BCUT2D eigenvalue weighted by Gasteiger charge is -2.29. The van der Waals surface area contributed by atoms with Crippen molar-refractivity contribution in [3.05, 3.63) is 0 Å². The molecule has 0 aromatic rings. The molecule has 0 bridgehead atoms. The average molecular weight is 306 g/mol. The minimum Gasteiger partial charge on any atom is -0.291 e. The summed E-state index contributed by atoms with van der Waals surface area (Å²) in [5.41, 5.74) is 2.54. The first-order valence-corrected chi connectivity index (χ1v) is 5.22. The van der Waals surface area contributed by atoms with Crippen LogP contribution in [-0.4, -0.2) is 25.1 Å². The van der Waals surface area contributed by atoms with Crippen molar-refractivity contribution in [1.82, 2.24) is 10.3 Å². The summed E-state index contributed by atoms with van der Waals surface area (Å²) in [5, 5.41) is 3.70. The van der Waals surface area contributed by atoms with Gasteiger partial charge in [-0.3, -0.25) is 10.3 Å². The minimum atomic E-state index is -1.71. The molecule has 1 aliphatic rings. The maximum absolute atomic E-state index is 5.60. The molecule has 0 aromatic carbocycles. The molecule has 0 atom stereocenters. The smallest absolute Gasteiger partial charge is 0.270 e. The van der Waals surface area contributed by atoms with Crippen molar-refractivity contribution < 1.29 is 0 Å². The van der Waals surface area contributed by atoms with Crippen molar-refractivity contribution in [3.8, 4) is 0 Å². The van der Waals surface area contributed by atoms with Gasteiger partial charge >= 0.3 is 0 Å². The van der Waals surface area contributed by atoms with Gasteiger partial charge in [0.1, 0.15) is 6.67 Å². The third kappa shape index (κ3) is 2.98. The second-order valence-corrected chi connectivity index (χ2v) is 6.65. The van der Waals surface area contributed by atoms with Gasteiger partial charge in [-0.05, 0) is 0 Å². The Morgan fingerprint density at radius 2 is 1.69 bits per heavy atom. The zero-order valence-corrected chi connectivity index (χ0v) is 10.4. The van der Waals surface area contributed by atoms with Crippen molar-refractivity contribution in [2.75, 3.05) is 6.67 Å². The SMILES string of the molecule is ClC(Cl)(Cl)C1=NNCN1C(Cl)(Cl)Cl. The monoisotopic (exact) mass is 303 g/mol. The molecular formula is C4H3Cl6N3. The van der Waals surface area contributed by atoms with Crippen LogP contribution < -0.4 is 5.43 Å². The first-order valence-electron chi connectivity index (χ1n) is 2.95. The summed E-state index contributed by atoms with van der Waals surface area (Å²) in [7, 11) is 0. The van der Waals surface area contributed by atoms with E-state index in [1.165, 1.54) is 4.90 Å². The standard InChI is InChI=1S/C4H3Cl6N3/c5-3(6,7)2-12-11-1-13(2)4(8,9)10/h11H,1H2. The largest absolute Gasteiger partial charge is 0.291 e. The molecule has 1 aliphatic heterocycles. The molecule has 0 spiro atoms. The van der Waals surface area contributed by atoms with Crippen LogP contribution >= 0.6 is 69.6 Å². The summed E-state index contributed by atoms with van der Waals surface area (Å²) in [6.07, 6.45) is 0. The Morgan fingerprint density at radius 3 is 2.00 bits per heavy atom. The molecule has 3 nitrogen and oxygen atoms in total. The Kier molecular flexibility index (Phi) is 3.60. The molecule has 1 N–H and O–H groups in total. The maximum atomic E-state index is 5.60. The highest BCUT2D eigenvalue weighted by atomic mass is 35.6. The second-order valence-electron chi connectivity index (χ2n) is 2.15. The van der Waals surface area contributed by atoms with Crippen LogP contribution in [0.1, 0.15) is 0 Å². The fourth-order valence-corrected chi connectivity index (χ4v) is 1.59. The van der Waals surface area contributed by atoms with Crippen LogP contribution in [0.2, 0.25) is 0 Å². The number of hydrogen-bond acceptors (Lipinski definition) is 3. The van der Waals surface area contributed by atoms with E-state index in [9.17, 15) is 0 Å². The van der Waals surface area contributed by atoms with Gasteiger partial charge in [0, 0.05) is 0 Å². The lowest BCUT2D eigenvalue weighted by molar-refractivity contribution is 0.428. The van der Waals surface area contributed by atoms with Crippen LogP contribution in [0.25, 0.3) is 0 Å². The molecule has 9 heteroatoms. The molecule has 0 fully saturated rings. The van der Waals surface area contributed by atoms with E-state index in [0.29, 0.717) is 0 Å². The number of nitrogens with one attached hydrogen (secondary N) is 1. The molecular weight excluding hydrogens is 303 g/mol. The third-order valence-electron chi connectivity index (χ3n) is 1.23. The number of amidine groups is 1. The number of hydrogen-bond donors (Lipinski definition) is 1. The quantitative estimate of drug-likeness (QED) is 0.550. The predicted octanol–water partition coefficient (Wildman–Crippen LogP) is 2.86. The first-order chi connectivity index (χ1) is 5.73. The normalized spacial score (nSPS) is 18.6. The van der Waals surface area contributed by atoms with Gasteiger partial charge in [0.2, 0.25) is 3.79 Å². The molecule has 0 saturated heterocycles. The van der Waals surface area contributed by atoms with Gasteiger partial charge in [0.15, 0.2) is 5.84 Å². The Morgan fingerprint density at radius 1 is 1.15 bits per heavy atom. The summed E-state index contributed by atoms with van der Waals surface area (Å²) >= 11 is 33.5. The number of halogens is 6. The summed E-state index contributed by atoms with van der Waals surface area (Å²) in [6, 6.07) is 0. The molecule has 0 unspecified atom stereocenters. The van der Waals surface area contributed by atoms with E-state index < -0.39 is 7.71 Å². The topological polar surface area (TPSA) is 27.6 Å². The number of nitrogens with zero attached hydrogens (tertiary/aromatic N) is 2. The van der Waals surface area contributed by atoms with E-state index in [1.807, 2.05) is 0 Å². The average Bonchev–Trinajstić information content (AvgIpc) is 2.27. The molecule has 0 amide bonds. The van der Waals surface area contributed by atoms with Crippen LogP contribution in [0.5, 0.6) is 0 Å². The van der Waals surface area contributed by atoms with Gasteiger partial charge in [0.05, 0.1) is 0 Å². The van der Waals surface area contributed by atoms with Gasteiger partial charge in [-0.25, -0.2) is 0 Å². The fourth-order valence-electron chi connectivity index (χ4n) is 0.742. The van der Waals surface area contributed by atoms with E-state index in [4.69, 9.17) is 69.6 Å². The Labute approximate surface area is 105 Å². The molecule has 0 radical (unpaired) electrons. The molecule has 76 valence electrons. The molecule has 1 rings (SSSR count). The van der Waals surface area contributed by atoms with Crippen molar-refractivity contribution >= 4 is 75.4 Å². The van der Waals surface area contributed by atoms with Gasteiger partial charge in [-0.1, -0.05) is 69.6 Å². The van der Waals surface area contributed by atoms with Crippen LogP contribution in [0, 0.1) is 0 Å². The molecule has 0 aromatic heterocycles. The van der Waals surface area contributed by atoms with Crippen molar-refractivity contribution in [3.63, 3.8) is 0 Å². The van der Waals surface area contributed by atoms with Crippen molar-refractivity contribution in [2.24, 2.45) is 5.10 Å². The van der Waals surface area contributed by atoms with Crippen LogP contribution in [0.15, 0.2) is 5.10 Å². The van der Waals surface area contributed by atoms with E-state index in [2.05, 4.69) is 10.5 Å². The zero-order valence-electron chi connectivity index (χ0n) is 5.87. The predicted molar refractivity (Wildman–Crippen MR) is 57.9 cm³/mol. The lowest BCUT2D eigenvalue weighted by atomic mass is 10.6. The second kappa shape index (κ2) is 3.87. The minimum absolute atomic E-state index is 0.0532. The highest BCUT2D eigenvalue weighted by Crippen LogP contribution is 2.38. The zero-order chi connectivity index (χ0) is 10.3. The van der Waals surface area contributed by atoms with E-state index in [-0.39, 0.29) is 12.5 Å². The third-order valence-corrected chi connectivity index (χ3v) is 2.35. The highest BCUT2D eigenvalue weighted by molar-refractivity contribution is 6.77. The summed E-state index contributed by atoms with van der Waals surface area (Å²) in [5.74, 6) is 0.0532. The number of rotatable bonds is 0.